The van der Waals surface area contributed by atoms with E-state index in [1.54, 1.807) is 0 Å². The Labute approximate surface area is 122 Å². The molecule has 0 aromatic carbocycles. The summed E-state index contributed by atoms with van der Waals surface area (Å²) in [5, 5.41) is 0.927. The van der Waals surface area contributed by atoms with Crippen LogP contribution in [0.15, 0.2) is 0 Å². The Bertz CT molecular complexity index is 184. The van der Waals surface area contributed by atoms with Crippen LogP contribution in [-0.2, 0) is 9.47 Å². The van der Waals surface area contributed by atoms with Crippen molar-refractivity contribution < 1.29 is 9.47 Å². The van der Waals surface area contributed by atoms with Crippen LogP contribution in [-0.4, -0.2) is 29.2 Å². The highest BCUT2D eigenvalue weighted by Gasteiger charge is 2.24. The summed E-state index contributed by atoms with van der Waals surface area (Å²) in [6, 6.07) is 0. The van der Waals surface area contributed by atoms with Gasteiger partial charge in [0.15, 0.2) is 6.29 Å². The largest absolute Gasteiger partial charge is 0.353 e. The molecule has 2 nitrogen and oxygen atoms in total. The van der Waals surface area contributed by atoms with E-state index in [9.17, 15) is 0 Å². The van der Waals surface area contributed by atoms with E-state index < -0.39 is 0 Å². The molecule has 0 aromatic rings. The molecule has 0 aromatic heterocycles. The Hall–Kier alpha value is 0.880. The van der Waals surface area contributed by atoms with Gasteiger partial charge in [-0.3, -0.25) is 0 Å². The molecule has 17 heavy (non-hydrogen) atoms. The monoisotopic (exact) mass is 370 g/mol. The zero-order valence-corrected chi connectivity index (χ0v) is 13.8. The Morgan fingerprint density at radius 1 is 1.35 bits per heavy atom. The second-order valence-corrected chi connectivity index (χ2v) is 6.46. The predicted molar refractivity (Wildman–Crippen MR) is 79.1 cm³/mol. The first-order valence-corrected chi connectivity index (χ1v) is 8.78. The zero-order chi connectivity index (χ0) is 12.5. The van der Waals surface area contributed by atoms with E-state index in [1.807, 2.05) is 0 Å². The molecular formula is C13H24Br2O2. The summed E-state index contributed by atoms with van der Waals surface area (Å²) < 4.78 is 11.7. The summed E-state index contributed by atoms with van der Waals surface area (Å²) in [7, 11) is 0. The minimum absolute atomic E-state index is 0.0227. The maximum Gasteiger partial charge on any atom is 0.158 e. The van der Waals surface area contributed by atoms with Gasteiger partial charge in [0.1, 0.15) is 0 Å². The maximum atomic E-state index is 6.09. The Kier molecular flexibility index (Phi) is 9.15. The molecule has 1 aliphatic rings. The third-order valence-corrected chi connectivity index (χ3v) is 5.59. The van der Waals surface area contributed by atoms with Crippen LogP contribution in [0.2, 0.25) is 0 Å². The highest BCUT2D eigenvalue weighted by atomic mass is 79.9. The lowest BCUT2D eigenvalue weighted by Gasteiger charge is -2.29. The smallest absolute Gasteiger partial charge is 0.158 e. The molecular weight excluding hydrogens is 348 g/mol. The molecule has 0 aliphatic carbocycles. The number of unbranched alkanes of at least 4 members (excludes halogenated alkanes) is 2. The van der Waals surface area contributed by atoms with Crippen molar-refractivity contribution in [3.8, 4) is 0 Å². The van der Waals surface area contributed by atoms with Crippen LogP contribution in [0.3, 0.4) is 0 Å². The number of alkyl halides is 2. The molecule has 0 spiro atoms. The fourth-order valence-corrected chi connectivity index (χ4v) is 2.85. The maximum absolute atomic E-state index is 6.09. The van der Waals surface area contributed by atoms with Gasteiger partial charge in [-0.2, -0.15) is 0 Å². The van der Waals surface area contributed by atoms with Gasteiger partial charge in [0.05, 0.1) is 10.9 Å². The normalized spacial score (nSPS) is 24.5. The molecule has 0 N–H and O–H groups in total. The number of hydrogen-bond acceptors (Lipinski definition) is 2. The van der Waals surface area contributed by atoms with Gasteiger partial charge in [0.25, 0.3) is 0 Å². The molecule has 1 fully saturated rings. The van der Waals surface area contributed by atoms with Crippen LogP contribution in [0.4, 0.5) is 0 Å². The second kappa shape index (κ2) is 9.76. The van der Waals surface area contributed by atoms with Gasteiger partial charge in [0.2, 0.25) is 0 Å². The van der Waals surface area contributed by atoms with Crippen molar-refractivity contribution in [3.63, 3.8) is 0 Å². The van der Waals surface area contributed by atoms with Crippen molar-refractivity contribution >= 4 is 31.9 Å². The van der Waals surface area contributed by atoms with E-state index in [4.69, 9.17) is 9.47 Å². The Morgan fingerprint density at radius 3 is 2.76 bits per heavy atom. The van der Waals surface area contributed by atoms with Gasteiger partial charge in [0, 0.05) is 11.9 Å². The van der Waals surface area contributed by atoms with Crippen molar-refractivity contribution in [1.82, 2.24) is 0 Å². The van der Waals surface area contributed by atoms with E-state index in [1.165, 1.54) is 32.1 Å². The summed E-state index contributed by atoms with van der Waals surface area (Å²) in [6.45, 7) is 3.09. The standard InChI is InChI=1S/C13H24Br2O2/c1-2-3-4-7-12(11(15)10-14)17-13-8-5-6-9-16-13/h11-13H,2-10H2,1H3. The van der Waals surface area contributed by atoms with Crippen molar-refractivity contribution in [2.75, 3.05) is 11.9 Å². The lowest BCUT2D eigenvalue weighted by molar-refractivity contribution is -0.188. The lowest BCUT2D eigenvalue weighted by Crippen LogP contribution is -2.33. The molecule has 0 radical (unpaired) electrons. The average molecular weight is 372 g/mol. The van der Waals surface area contributed by atoms with Crippen molar-refractivity contribution in [2.45, 2.75) is 69.1 Å². The summed E-state index contributed by atoms with van der Waals surface area (Å²) in [4.78, 5) is 0.380. The Balaban J connectivity index is 2.32. The van der Waals surface area contributed by atoms with Crippen LogP contribution in [0, 0.1) is 0 Å². The number of hydrogen-bond donors (Lipinski definition) is 0. The van der Waals surface area contributed by atoms with Crippen LogP contribution >= 0.6 is 31.9 Å². The molecule has 4 heteroatoms. The van der Waals surface area contributed by atoms with E-state index in [0.717, 1.165) is 24.8 Å². The minimum atomic E-state index is 0.0227. The van der Waals surface area contributed by atoms with E-state index in [-0.39, 0.29) is 12.4 Å². The SMILES string of the molecule is CCCCCC(OC1CCCCO1)C(Br)CBr. The number of halogens is 2. The quantitative estimate of drug-likeness (QED) is 0.457. The predicted octanol–water partition coefficient (Wildman–Crippen LogP) is 4.64. The van der Waals surface area contributed by atoms with Gasteiger partial charge < -0.3 is 9.47 Å². The third kappa shape index (κ3) is 6.55. The van der Waals surface area contributed by atoms with Gasteiger partial charge >= 0.3 is 0 Å². The average Bonchev–Trinajstić information content (AvgIpc) is 2.38. The zero-order valence-electron chi connectivity index (χ0n) is 10.7. The fraction of sp³-hybridized carbons (Fsp3) is 1.00. The topological polar surface area (TPSA) is 18.5 Å². The summed E-state index contributed by atoms with van der Waals surface area (Å²) >= 11 is 7.22. The van der Waals surface area contributed by atoms with E-state index in [0.29, 0.717) is 4.83 Å². The first-order chi connectivity index (χ1) is 8.27. The molecule has 0 saturated carbocycles. The van der Waals surface area contributed by atoms with Gasteiger partial charge in [-0.25, -0.2) is 0 Å². The molecule has 1 saturated heterocycles. The minimum Gasteiger partial charge on any atom is -0.353 e. The fourth-order valence-electron chi connectivity index (χ4n) is 2.04. The molecule has 1 heterocycles. The van der Waals surface area contributed by atoms with Crippen LogP contribution < -0.4 is 0 Å². The first-order valence-electron chi connectivity index (χ1n) is 6.75. The molecule has 3 unspecified atom stereocenters. The highest BCUT2D eigenvalue weighted by molar-refractivity contribution is 9.12. The molecule has 102 valence electrons. The van der Waals surface area contributed by atoms with Gasteiger partial charge in [-0.05, 0) is 25.7 Å². The third-order valence-electron chi connectivity index (χ3n) is 3.11. The Morgan fingerprint density at radius 2 is 2.18 bits per heavy atom. The van der Waals surface area contributed by atoms with E-state index in [2.05, 4.69) is 38.8 Å². The highest BCUT2D eigenvalue weighted by Crippen LogP contribution is 2.23. The lowest BCUT2D eigenvalue weighted by atomic mass is 10.1. The van der Waals surface area contributed by atoms with Crippen LogP contribution in [0.5, 0.6) is 0 Å². The molecule has 1 rings (SSSR count). The van der Waals surface area contributed by atoms with Crippen LogP contribution in [0.1, 0.15) is 51.9 Å². The second-order valence-electron chi connectivity index (χ2n) is 4.64. The summed E-state index contributed by atoms with van der Waals surface area (Å²) in [5.74, 6) is 0. The van der Waals surface area contributed by atoms with Crippen molar-refractivity contribution in [3.05, 3.63) is 0 Å². The molecule has 0 amide bonds. The summed E-state index contributed by atoms with van der Waals surface area (Å²) in [6.07, 6.45) is 8.65. The van der Waals surface area contributed by atoms with E-state index >= 15 is 0 Å². The molecule has 1 aliphatic heterocycles. The molecule has 3 atom stereocenters. The van der Waals surface area contributed by atoms with Gasteiger partial charge in [-0.1, -0.05) is 58.0 Å². The van der Waals surface area contributed by atoms with Crippen LogP contribution in [0.25, 0.3) is 0 Å². The molecule has 0 bridgehead atoms. The van der Waals surface area contributed by atoms with Crippen molar-refractivity contribution in [1.29, 1.82) is 0 Å². The first kappa shape index (κ1) is 15.9. The number of ether oxygens (including phenoxy) is 2. The summed E-state index contributed by atoms with van der Waals surface area (Å²) in [5.41, 5.74) is 0. The number of rotatable bonds is 8. The van der Waals surface area contributed by atoms with Gasteiger partial charge in [-0.15, -0.1) is 0 Å². The van der Waals surface area contributed by atoms with Crippen molar-refractivity contribution in [2.24, 2.45) is 0 Å².